The fraction of sp³-hybridized carbons (Fsp3) is 1.00. The van der Waals surface area contributed by atoms with Gasteiger partial charge in [-0.1, -0.05) is 20.8 Å². The topological polar surface area (TPSA) is 37.4 Å². The first-order valence-electron chi connectivity index (χ1n) is 5.95. The molecule has 0 aromatic heterocycles. The van der Waals surface area contributed by atoms with Crippen molar-refractivity contribution in [2.45, 2.75) is 39.0 Å². The van der Waals surface area contributed by atoms with Crippen LogP contribution in [0.2, 0.25) is 0 Å². The molecule has 0 N–H and O–H groups in total. The molecule has 0 spiro atoms. The second-order valence-electron chi connectivity index (χ2n) is 5.14. The molecule has 2 unspecified atom stereocenters. The highest BCUT2D eigenvalue weighted by atomic mass is 35.5. The first-order chi connectivity index (χ1) is 7.33. The average Bonchev–Trinajstić information content (AvgIpc) is 2.19. The summed E-state index contributed by atoms with van der Waals surface area (Å²) in [5.74, 6) is 0.951. The van der Waals surface area contributed by atoms with Crippen molar-refractivity contribution in [2.24, 2.45) is 11.8 Å². The fourth-order valence-electron chi connectivity index (χ4n) is 1.85. The number of hydrogen-bond acceptors (Lipinski definition) is 2. The van der Waals surface area contributed by atoms with Gasteiger partial charge in [0.1, 0.15) is 0 Å². The molecule has 0 saturated carbocycles. The van der Waals surface area contributed by atoms with E-state index >= 15 is 0 Å². The Morgan fingerprint density at radius 2 is 2.06 bits per heavy atom. The minimum atomic E-state index is -3.06. The van der Waals surface area contributed by atoms with Crippen molar-refractivity contribution in [1.82, 2.24) is 4.31 Å². The molecule has 2 atom stereocenters. The standard InChI is InChI=1S/C11H22ClNO2S/c1-9(2)5-7-16(14,15)13-6-4-11(12)10(3)8-13/h9-11H,4-8H2,1-3H3. The van der Waals surface area contributed by atoms with Crippen LogP contribution in [0, 0.1) is 11.8 Å². The summed E-state index contributed by atoms with van der Waals surface area (Å²) in [6, 6.07) is 0. The largest absolute Gasteiger partial charge is 0.214 e. The van der Waals surface area contributed by atoms with Gasteiger partial charge in [0.15, 0.2) is 0 Å². The lowest BCUT2D eigenvalue weighted by Crippen LogP contribution is -2.44. The van der Waals surface area contributed by atoms with Gasteiger partial charge < -0.3 is 0 Å². The molecule has 1 aliphatic heterocycles. The molecule has 0 amide bonds. The van der Waals surface area contributed by atoms with E-state index in [4.69, 9.17) is 11.6 Å². The average molecular weight is 268 g/mol. The van der Waals surface area contributed by atoms with Crippen molar-refractivity contribution in [2.75, 3.05) is 18.8 Å². The van der Waals surface area contributed by atoms with Crippen molar-refractivity contribution >= 4 is 21.6 Å². The predicted octanol–water partition coefficient (Wildman–Crippen LogP) is 2.31. The molecule has 0 aliphatic carbocycles. The van der Waals surface area contributed by atoms with E-state index in [1.165, 1.54) is 0 Å². The van der Waals surface area contributed by atoms with Gasteiger partial charge in [-0.25, -0.2) is 12.7 Å². The van der Waals surface area contributed by atoms with E-state index < -0.39 is 10.0 Å². The third kappa shape index (κ3) is 3.90. The molecule has 3 nitrogen and oxygen atoms in total. The van der Waals surface area contributed by atoms with E-state index in [0.717, 1.165) is 12.8 Å². The Balaban J connectivity index is 2.56. The van der Waals surface area contributed by atoms with Gasteiger partial charge in [0, 0.05) is 18.5 Å². The fourth-order valence-corrected chi connectivity index (χ4v) is 3.90. The lowest BCUT2D eigenvalue weighted by molar-refractivity contribution is 0.285. The number of hydrogen-bond donors (Lipinski definition) is 0. The number of piperidine rings is 1. The van der Waals surface area contributed by atoms with Crippen LogP contribution in [0.4, 0.5) is 0 Å². The Hall–Kier alpha value is 0.200. The molecule has 0 bridgehead atoms. The zero-order valence-electron chi connectivity index (χ0n) is 10.3. The van der Waals surface area contributed by atoms with Gasteiger partial charge in [-0.2, -0.15) is 0 Å². The van der Waals surface area contributed by atoms with Crippen LogP contribution in [-0.4, -0.2) is 36.9 Å². The first kappa shape index (κ1) is 14.3. The van der Waals surface area contributed by atoms with Crippen molar-refractivity contribution in [3.8, 4) is 0 Å². The van der Waals surface area contributed by atoms with Crippen molar-refractivity contribution in [3.05, 3.63) is 0 Å². The Morgan fingerprint density at radius 3 is 2.56 bits per heavy atom. The molecular formula is C11H22ClNO2S. The predicted molar refractivity (Wildman–Crippen MR) is 68.2 cm³/mol. The minimum Gasteiger partial charge on any atom is -0.212 e. The Morgan fingerprint density at radius 1 is 1.44 bits per heavy atom. The van der Waals surface area contributed by atoms with Crippen LogP contribution in [0.5, 0.6) is 0 Å². The van der Waals surface area contributed by atoms with Crippen LogP contribution in [0.25, 0.3) is 0 Å². The normalized spacial score (nSPS) is 28.6. The summed E-state index contributed by atoms with van der Waals surface area (Å²) in [5.41, 5.74) is 0. The van der Waals surface area contributed by atoms with E-state index in [-0.39, 0.29) is 17.0 Å². The molecule has 5 heteroatoms. The smallest absolute Gasteiger partial charge is 0.212 e. The molecule has 1 fully saturated rings. The lowest BCUT2D eigenvalue weighted by Gasteiger charge is -2.33. The molecule has 0 aromatic rings. The zero-order valence-corrected chi connectivity index (χ0v) is 11.9. The highest BCUT2D eigenvalue weighted by Gasteiger charge is 2.31. The maximum atomic E-state index is 12.0. The van der Waals surface area contributed by atoms with E-state index in [0.29, 0.717) is 19.0 Å². The highest BCUT2D eigenvalue weighted by Crippen LogP contribution is 2.24. The van der Waals surface area contributed by atoms with Gasteiger partial charge in [-0.05, 0) is 24.7 Å². The maximum absolute atomic E-state index is 12.0. The number of rotatable bonds is 4. The third-order valence-electron chi connectivity index (χ3n) is 3.11. The van der Waals surface area contributed by atoms with Crippen LogP contribution in [-0.2, 0) is 10.0 Å². The second-order valence-corrected chi connectivity index (χ2v) is 7.79. The summed E-state index contributed by atoms with van der Waals surface area (Å²) < 4.78 is 25.7. The Labute approximate surface area is 104 Å². The van der Waals surface area contributed by atoms with Crippen molar-refractivity contribution in [3.63, 3.8) is 0 Å². The van der Waals surface area contributed by atoms with Gasteiger partial charge >= 0.3 is 0 Å². The molecule has 0 radical (unpaired) electrons. The third-order valence-corrected chi connectivity index (χ3v) is 5.63. The lowest BCUT2D eigenvalue weighted by atomic mass is 10.0. The first-order valence-corrected chi connectivity index (χ1v) is 7.99. The highest BCUT2D eigenvalue weighted by molar-refractivity contribution is 7.89. The quantitative estimate of drug-likeness (QED) is 0.733. The molecule has 96 valence electrons. The monoisotopic (exact) mass is 267 g/mol. The molecule has 16 heavy (non-hydrogen) atoms. The van der Waals surface area contributed by atoms with E-state index in [1.54, 1.807) is 4.31 Å². The number of nitrogens with zero attached hydrogens (tertiary/aromatic N) is 1. The van der Waals surface area contributed by atoms with Crippen molar-refractivity contribution in [1.29, 1.82) is 0 Å². The number of alkyl halides is 1. The SMILES string of the molecule is CC(C)CCS(=O)(=O)N1CCC(Cl)C(C)C1. The van der Waals surface area contributed by atoms with E-state index in [1.807, 2.05) is 20.8 Å². The molecule has 0 aromatic carbocycles. The van der Waals surface area contributed by atoms with Crippen LogP contribution in [0.3, 0.4) is 0 Å². The summed E-state index contributed by atoms with van der Waals surface area (Å²) in [4.78, 5) is 0. The van der Waals surface area contributed by atoms with Crippen molar-refractivity contribution < 1.29 is 8.42 Å². The molecule has 1 aliphatic rings. The molecule has 1 saturated heterocycles. The summed E-state index contributed by atoms with van der Waals surface area (Å²) in [6.07, 6.45) is 1.50. The van der Waals surface area contributed by atoms with Gasteiger partial charge in [0.05, 0.1) is 5.75 Å². The van der Waals surface area contributed by atoms with Gasteiger partial charge in [-0.3, -0.25) is 0 Å². The Kier molecular flexibility index (Phi) is 5.08. The summed E-state index contributed by atoms with van der Waals surface area (Å²) >= 11 is 6.09. The summed E-state index contributed by atoms with van der Waals surface area (Å²) in [7, 11) is -3.06. The van der Waals surface area contributed by atoms with Crippen LogP contribution < -0.4 is 0 Å². The van der Waals surface area contributed by atoms with E-state index in [9.17, 15) is 8.42 Å². The van der Waals surface area contributed by atoms with E-state index in [2.05, 4.69) is 0 Å². The number of halogens is 1. The second kappa shape index (κ2) is 5.69. The van der Waals surface area contributed by atoms with Crippen LogP contribution in [0.15, 0.2) is 0 Å². The van der Waals surface area contributed by atoms with Crippen LogP contribution >= 0.6 is 11.6 Å². The molecular weight excluding hydrogens is 246 g/mol. The summed E-state index contributed by atoms with van der Waals surface area (Å²) in [6.45, 7) is 7.27. The summed E-state index contributed by atoms with van der Waals surface area (Å²) in [5, 5.41) is 0.122. The Bertz CT molecular complexity index is 316. The molecule has 1 rings (SSSR count). The molecule has 1 heterocycles. The minimum absolute atomic E-state index is 0.122. The van der Waals surface area contributed by atoms with Gasteiger partial charge in [0.25, 0.3) is 0 Å². The van der Waals surface area contributed by atoms with Gasteiger partial charge in [0.2, 0.25) is 10.0 Å². The van der Waals surface area contributed by atoms with Crippen LogP contribution in [0.1, 0.15) is 33.6 Å². The number of sulfonamides is 1. The maximum Gasteiger partial charge on any atom is 0.214 e. The van der Waals surface area contributed by atoms with Gasteiger partial charge in [-0.15, -0.1) is 11.6 Å². The zero-order chi connectivity index (χ0) is 12.3.